The van der Waals surface area contributed by atoms with Gasteiger partial charge in [0.2, 0.25) is 5.56 Å². The van der Waals surface area contributed by atoms with Crippen LogP contribution in [0.1, 0.15) is 27.7 Å². The maximum Gasteiger partial charge on any atom is 0.500 e. The Hall–Kier alpha value is -0.775. The largest absolute Gasteiger partial charge is 0.500 e. The highest BCUT2D eigenvalue weighted by Gasteiger charge is 2.52. The van der Waals surface area contributed by atoms with E-state index in [0.29, 0.717) is 10.6 Å². The lowest BCUT2D eigenvalue weighted by Crippen LogP contribution is -2.44. The fourth-order valence-corrected chi connectivity index (χ4v) is 1.77. The average Bonchev–Trinajstić information content (AvgIpc) is 2.35. The van der Waals surface area contributed by atoms with Gasteiger partial charge in [0.25, 0.3) is 0 Å². The SMILES string of the molecule is CC1(C)OB(c2ccc(Cl)[nH]c2=O)OC1(C)C. The molecule has 17 heavy (non-hydrogen) atoms. The second-order valence-electron chi connectivity index (χ2n) is 5.18. The van der Waals surface area contributed by atoms with Crippen molar-refractivity contribution in [3.63, 3.8) is 0 Å². The van der Waals surface area contributed by atoms with Crippen molar-refractivity contribution in [2.45, 2.75) is 38.9 Å². The van der Waals surface area contributed by atoms with E-state index in [-0.39, 0.29) is 5.56 Å². The van der Waals surface area contributed by atoms with E-state index in [0.717, 1.165) is 0 Å². The van der Waals surface area contributed by atoms with Crippen molar-refractivity contribution >= 4 is 24.2 Å². The molecule has 1 aliphatic rings. The van der Waals surface area contributed by atoms with Crippen molar-refractivity contribution in [3.8, 4) is 0 Å². The molecular formula is C11H15BClNO3. The maximum atomic E-state index is 11.7. The van der Waals surface area contributed by atoms with E-state index in [2.05, 4.69) is 4.98 Å². The first kappa shape index (κ1) is 12.7. The molecule has 2 heterocycles. The Morgan fingerprint density at radius 1 is 1.18 bits per heavy atom. The van der Waals surface area contributed by atoms with Gasteiger partial charge in [-0.15, -0.1) is 0 Å². The molecule has 1 fully saturated rings. The molecule has 1 aliphatic heterocycles. The highest BCUT2D eigenvalue weighted by Crippen LogP contribution is 2.36. The summed E-state index contributed by atoms with van der Waals surface area (Å²) in [5.41, 5.74) is -0.753. The second-order valence-corrected chi connectivity index (χ2v) is 5.59. The Kier molecular flexibility index (Phi) is 2.88. The van der Waals surface area contributed by atoms with Gasteiger partial charge in [-0.25, -0.2) is 0 Å². The minimum absolute atomic E-state index is 0.281. The first-order valence-electron chi connectivity index (χ1n) is 5.47. The zero-order chi connectivity index (χ0) is 12.8. The number of aromatic amines is 1. The summed E-state index contributed by atoms with van der Waals surface area (Å²) in [4.78, 5) is 14.3. The lowest BCUT2D eigenvalue weighted by molar-refractivity contribution is 0.00578. The molecular weight excluding hydrogens is 240 g/mol. The van der Waals surface area contributed by atoms with Crippen LogP contribution in [0.5, 0.6) is 0 Å². The van der Waals surface area contributed by atoms with Gasteiger partial charge in [0.1, 0.15) is 5.15 Å². The van der Waals surface area contributed by atoms with Gasteiger partial charge in [0.05, 0.1) is 11.2 Å². The molecule has 0 saturated carbocycles. The van der Waals surface area contributed by atoms with E-state index in [1.807, 2.05) is 27.7 Å². The van der Waals surface area contributed by atoms with Gasteiger partial charge < -0.3 is 14.3 Å². The first-order valence-corrected chi connectivity index (χ1v) is 5.85. The number of nitrogens with one attached hydrogen (secondary N) is 1. The Morgan fingerprint density at radius 2 is 1.71 bits per heavy atom. The molecule has 6 heteroatoms. The van der Waals surface area contributed by atoms with Crippen LogP contribution in [-0.4, -0.2) is 23.3 Å². The zero-order valence-electron chi connectivity index (χ0n) is 10.3. The molecule has 0 atom stereocenters. The molecule has 0 spiro atoms. The number of hydrogen-bond acceptors (Lipinski definition) is 3. The van der Waals surface area contributed by atoms with E-state index in [1.165, 1.54) is 0 Å². The van der Waals surface area contributed by atoms with E-state index >= 15 is 0 Å². The highest BCUT2D eigenvalue weighted by atomic mass is 35.5. The van der Waals surface area contributed by atoms with E-state index in [1.54, 1.807) is 12.1 Å². The molecule has 92 valence electrons. The molecule has 4 nitrogen and oxygen atoms in total. The summed E-state index contributed by atoms with van der Waals surface area (Å²) >= 11 is 5.70. The molecule has 0 amide bonds. The molecule has 0 unspecified atom stereocenters. The summed E-state index contributed by atoms with van der Waals surface area (Å²) < 4.78 is 11.6. The number of halogens is 1. The predicted octanol–water partition coefficient (Wildman–Crippen LogP) is 1.33. The van der Waals surface area contributed by atoms with Crippen LogP contribution in [0, 0.1) is 0 Å². The van der Waals surface area contributed by atoms with Gasteiger partial charge in [-0.2, -0.15) is 0 Å². The molecule has 0 radical (unpaired) electrons. The number of pyridine rings is 1. The van der Waals surface area contributed by atoms with Crippen molar-refractivity contribution in [1.82, 2.24) is 4.98 Å². The van der Waals surface area contributed by atoms with Crippen molar-refractivity contribution < 1.29 is 9.31 Å². The Morgan fingerprint density at radius 3 is 2.18 bits per heavy atom. The Balaban J connectivity index is 2.36. The molecule has 1 saturated heterocycles. The van der Waals surface area contributed by atoms with Crippen LogP contribution in [0.3, 0.4) is 0 Å². The van der Waals surface area contributed by atoms with Crippen molar-refractivity contribution in [3.05, 3.63) is 27.6 Å². The molecule has 1 aromatic rings. The standard InChI is InChI=1S/C11H15BClNO3/c1-10(2)11(3,4)17-12(16-10)7-5-6-8(13)14-9(7)15/h5-6H,1-4H3,(H,14,15). The van der Waals surface area contributed by atoms with Crippen molar-refractivity contribution in [2.24, 2.45) is 0 Å². The first-order chi connectivity index (χ1) is 7.73. The fourth-order valence-electron chi connectivity index (χ4n) is 1.62. The van der Waals surface area contributed by atoms with Crippen LogP contribution < -0.4 is 11.0 Å². The lowest BCUT2D eigenvalue weighted by atomic mass is 9.80. The minimum Gasteiger partial charge on any atom is -0.399 e. The zero-order valence-corrected chi connectivity index (χ0v) is 11.1. The van der Waals surface area contributed by atoms with Crippen LogP contribution in [0.25, 0.3) is 0 Å². The van der Waals surface area contributed by atoms with Crippen LogP contribution in [-0.2, 0) is 9.31 Å². The summed E-state index contributed by atoms with van der Waals surface area (Å²) in [5.74, 6) is 0. The minimum atomic E-state index is -0.652. The summed E-state index contributed by atoms with van der Waals surface area (Å²) in [6.45, 7) is 7.77. The van der Waals surface area contributed by atoms with Gasteiger partial charge in [0, 0.05) is 5.46 Å². The summed E-state index contributed by atoms with van der Waals surface area (Å²) in [5, 5.41) is 0.301. The van der Waals surface area contributed by atoms with E-state index < -0.39 is 18.3 Å². The molecule has 0 aromatic carbocycles. The Labute approximate surface area is 105 Å². The molecule has 0 bridgehead atoms. The van der Waals surface area contributed by atoms with Gasteiger partial charge in [-0.05, 0) is 33.8 Å². The highest BCUT2D eigenvalue weighted by molar-refractivity contribution is 6.62. The number of hydrogen-bond donors (Lipinski definition) is 1. The smallest absolute Gasteiger partial charge is 0.399 e. The molecule has 0 aliphatic carbocycles. The van der Waals surface area contributed by atoms with Crippen LogP contribution in [0.4, 0.5) is 0 Å². The normalized spacial score (nSPS) is 21.8. The van der Waals surface area contributed by atoms with Crippen LogP contribution in [0.15, 0.2) is 16.9 Å². The van der Waals surface area contributed by atoms with Crippen LogP contribution in [0.2, 0.25) is 5.15 Å². The summed E-state index contributed by atoms with van der Waals surface area (Å²) in [6.07, 6.45) is 0. The van der Waals surface area contributed by atoms with Crippen molar-refractivity contribution in [1.29, 1.82) is 0 Å². The number of aromatic nitrogens is 1. The third-order valence-electron chi connectivity index (χ3n) is 3.41. The van der Waals surface area contributed by atoms with Crippen LogP contribution >= 0.6 is 11.6 Å². The predicted molar refractivity (Wildman–Crippen MR) is 67.8 cm³/mol. The number of rotatable bonds is 1. The quantitative estimate of drug-likeness (QED) is 0.608. The van der Waals surface area contributed by atoms with Gasteiger partial charge in [-0.3, -0.25) is 4.79 Å². The lowest BCUT2D eigenvalue weighted by Gasteiger charge is -2.32. The monoisotopic (exact) mass is 255 g/mol. The van der Waals surface area contributed by atoms with Crippen molar-refractivity contribution in [2.75, 3.05) is 0 Å². The maximum absolute atomic E-state index is 11.7. The summed E-state index contributed by atoms with van der Waals surface area (Å²) in [6, 6.07) is 3.24. The Bertz CT molecular complexity index is 482. The average molecular weight is 256 g/mol. The summed E-state index contributed by atoms with van der Waals surface area (Å²) in [7, 11) is -0.652. The van der Waals surface area contributed by atoms with Gasteiger partial charge in [0.15, 0.2) is 0 Å². The molecule has 1 N–H and O–H groups in total. The van der Waals surface area contributed by atoms with E-state index in [4.69, 9.17) is 20.9 Å². The third-order valence-corrected chi connectivity index (χ3v) is 3.63. The third kappa shape index (κ3) is 2.15. The molecule has 2 rings (SSSR count). The second kappa shape index (κ2) is 3.87. The van der Waals surface area contributed by atoms with E-state index in [9.17, 15) is 4.79 Å². The van der Waals surface area contributed by atoms with Gasteiger partial charge >= 0.3 is 7.12 Å². The number of H-pyrrole nitrogens is 1. The molecule has 1 aromatic heterocycles. The van der Waals surface area contributed by atoms with Gasteiger partial charge in [-0.1, -0.05) is 17.7 Å². The topological polar surface area (TPSA) is 51.3 Å². The fraction of sp³-hybridized carbons (Fsp3) is 0.545.